The molecule has 100 valence electrons. The summed E-state index contributed by atoms with van der Waals surface area (Å²) >= 11 is 3.44. The molecule has 1 unspecified atom stereocenters. The number of benzene rings is 1. The molecular formula is C13H18BrNO3. The highest BCUT2D eigenvalue weighted by Crippen LogP contribution is 2.20. The summed E-state index contributed by atoms with van der Waals surface area (Å²) in [5.41, 5.74) is 2.04. The zero-order valence-corrected chi connectivity index (χ0v) is 12.2. The van der Waals surface area contributed by atoms with Gasteiger partial charge in [0.25, 0.3) is 0 Å². The summed E-state index contributed by atoms with van der Waals surface area (Å²) < 4.78 is 5.77. The van der Waals surface area contributed by atoms with Gasteiger partial charge >= 0.3 is 5.97 Å². The van der Waals surface area contributed by atoms with E-state index in [1.54, 1.807) is 6.92 Å². The number of esters is 1. The van der Waals surface area contributed by atoms with E-state index in [-0.39, 0.29) is 12.4 Å². The summed E-state index contributed by atoms with van der Waals surface area (Å²) in [6, 6.07) is 5.84. The van der Waals surface area contributed by atoms with Gasteiger partial charge in [0.15, 0.2) is 0 Å². The average Bonchev–Trinajstić information content (AvgIpc) is 2.31. The number of carbonyl (C=O) groups excluding carboxylic acids is 1. The van der Waals surface area contributed by atoms with E-state index in [1.807, 2.05) is 25.1 Å². The lowest BCUT2D eigenvalue weighted by Gasteiger charge is -2.12. The number of anilines is 1. The van der Waals surface area contributed by atoms with Gasteiger partial charge < -0.3 is 15.2 Å². The predicted molar refractivity (Wildman–Crippen MR) is 74.6 cm³/mol. The molecule has 0 bridgehead atoms. The monoisotopic (exact) mass is 315 g/mol. The quantitative estimate of drug-likeness (QED) is 0.792. The highest BCUT2D eigenvalue weighted by molar-refractivity contribution is 9.10. The Balaban J connectivity index is 2.40. The number of ether oxygens (including phenoxy) is 1. The molecule has 0 spiro atoms. The van der Waals surface area contributed by atoms with E-state index in [0.717, 1.165) is 15.7 Å². The van der Waals surface area contributed by atoms with Crippen molar-refractivity contribution in [1.29, 1.82) is 0 Å². The van der Waals surface area contributed by atoms with Crippen LogP contribution in [0, 0.1) is 6.92 Å². The van der Waals surface area contributed by atoms with Crippen LogP contribution >= 0.6 is 15.9 Å². The highest BCUT2D eigenvalue weighted by Gasteiger charge is 2.11. The van der Waals surface area contributed by atoms with Crippen molar-refractivity contribution in [2.24, 2.45) is 0 Å². The van der Waals surface area contributed by atoms with Crippen LogP contribution < -0.4 is 5.32 Å². The molecule has 1 atom stereocenters. The topological polar surface area (TPSA) is 58.6 Å². The summed E-state index contributed by atoms with van der Waals surface area (Å²) in [5.74, 6) is -0.378. The second-order valence-corrected chi connectivity index (χ2v) is 4.86. The van der Waals surface area contributed by atoms with Gasteiger partial charge in [0.05, 0.1) is 19.1 Å². The van der Waals surface area contributed by atoms with Gasteiger partial charge in [0, 0.05) is 16.7 Å². The van der Waals surface area contributed by atoms with Crippen LogP contribution in [0.1, 0.15) is 18.9 Å². The highest BCUT2D eigenvalue weighted by atomic mass is 79.9. The van der Waals surface area contributed by atoms with Crippen molar-refractivity contribution in [2.75, 3.05) is 18.5 Å². The number of nitrogens with one attached hydrogen (secondary N) is 1. The molecule has 0 aliphatic carbocycles. The van der Waals surface area contributed by atoms with Crippen molar-refractivity contribution in [3.8, 4) is 0 Å². The van der Waals surface area contributed by atoms with E-state index >= 15 is 0 Å². The van der Waals surface area contributed by atoms with Crippen molar-refractivity contribution in [3.05, 3.63) is 28.2 Å². The van der Waals surface area contributed by atoms with Gasteiger partial charge in [-0.15, -0.1) is 0 Å². The standard InChI is InChI=1S/C13H18BrNO3/c1-3-18-13(17)7-11(16)8-15-10-5-4-9(2)12(14)6-10/h4-6,11,15-16H,3,7-8H2,1-2H3. The lowest BCUT2D eigenvalue weighted by atomic mass is 10.2. The third-order valence-electron chi connectivity index (χ3n) is 2.42. The van der Waals surface area contributed by atoms with Crippen molar-refractivity contribution in [2.45, 2.75) is 26.4 Å². The first-order valence-electron chi connectivity index (χ1n) is 5.86. The van der Waals surface area contributed by atoms with Crippen molar-refractivity contribution < 1.29 is 14.6 Å². The van der Waals surface area contributed by atoms with Gasteiger partial charge in [-0.2, -0.15) is 0 Å². The van der Waals surface area contributed by atoms with E-state index in [4.69, 9.17) is 4.74 Å². The molecule has 1 rings (SSSR count). The Hall–Kier alpha value is -1.07. The zero-order chi connectivity index (χ0) is 13.5. The first-order chi connectivity index (χ1) is 8.52. The Morgan fingerprint density at radius 2 is 2.28 bits per heavy atom. The number of aryl methyl sites for hydroxylation is 1. The van der Waals surface area contributed by atoms with Crippen LogP contribution in [0.25, 0.3) is 0 Å². The maximum Gasteiger partial charge on any atom is 0.308 e. The number of rotatable bonds is 6. The largest absolute Gasteiger partial charge is 0.466 e. The summed E-state index contributed by atoms with van der Waals surface area (Å²) in [4.78, 5) is 11.1. The zero-order valence-electron chi connectivity index (χ0n) is 10.6. The minimum Gasteiger partial charge on any atom is -0.466 e. The molecule has 2 N–H and O–H groups in total. The molecular weight excluding hydrogens is 298 g/mol. The third-order valence-corrected chi connectivity index (χ3v) is 3.28. The molecule has 0 aliphatic heterocycles. The molecule has 0 aliphatic rings. The second kappa shape index (κ2) is 7.38. The van der Waals surface area contributed by atoms with Crippen LogP contribution in [-0.2, 0) is 9.53 Å². The van der Waals surface area contributed by atoms with Crippen LogP contribution in [0.3, 0.4) is 0 Å². The minimum atomic E-state index is -0.746. The molecule has 0 saturated heterocycles. The number of halogens is 1. The third kappa shape index (κ3) is 5.06. The Kier molecular flexibility index (Phi) is 6.15. The summed E-state index contributed by atoms with van der Waals surface area (Å²) in [6.45, 7) is 4.40. The summed E-state index contributed by atoms with van der Waals surface area (Å²) in [7, 11) is 0. The number of aliphatic hydroxyl groups is 1. The van der Waals surface area contributed by atoms with E-state index in [0.29, 0.717) is 13.2 Å². The predicted octanol–water partition coefficient (Wildman–Crippen LogP) is 2.48. The molecule has 1 aromatic carbocycles. The molecule has 0 heterocycles. The number of hydrogen-bond acceptors (Lipinski definition) is 4. The van der Waals surface area contributed by atoms with Gasteiger partial charge in [-0.3, -0.25) is 4.79 Å². The van der Waals surface area contributed by atoms with Gasteiger partial charge in [-0.05, 0) is 31.5 Å². The second-order valence-electron chi connectivity index (χ2n) is 4.01. The first kappa shape index (κ1) is 15.0. The smallest absolute Gasteiger partial charge is 0.308 e. The molecule has 0 amide bonds. The SMILES string of the molecule is CCOC(=O)CC(O)CNc1ccc(C)c(Br)c1. The molecule has 5 heteroatoms. The van der Waals surface area contributed by atoms with E-state index < -0.39 is 6.10 Å². The molecule has 0 aromatic heterocycles. The van der Waals surface area contributed by atoms with Crippen molar-refractivity contribution in [1.82, 2.24) is 0 Å². The summed E-state index contributed by atoms with van der Waals surface area (Å²) in [6.07, 6.45) is -0.738. The molecule has 0 saturated carbocycles. The number of carbonyl (C=O) groups is 1. The van der Waals surface area contributed by atoms with Gasteiger partial charge in [0.1, 0.15) is 0 Å². The average molecular weight is 316 g/mol. The molecule has 1 aromatic rings. The van der Waals surface area contributed by atoms with Crippen molar-refractivity contribution in [3.63, 3.8) is 0 Å². The van der Waals surface area contributed by atoms with Crippen LogP contribution in [0.4, 0.5) is 5.69 Å². The van der Waals surface area contributed by atoms with Crippen LogP contribution in [0.15, 0.2) is 22.7 Å². The van der Waals surface area contributed by atoms with E-state index in [1.165, 1.54) is 0 Å². The van der Waals surface area contributed by atoms with E-state index in [9.17, 15) is 9.90 Å². The van der Waals surface area contributed by atoms with Crippen LogP contribution in [-0.4, -0.2) is 30.3 Å². The minimum absolute atomic E-state index is 0.00781. The Bertz CT molecular complexity index is 409. The van der Waals surface area contributed by atoms with Gasteiger partial charge in [-0.1, -0.05) is 22.0 Å². The lowest BCUT2D eigenvalue weighted by Crippen LogP contribution is -2.23. The molecule has 4 nitrogen and oxygen atoms in total. The maximum absolute atomic E-state index is 11.1. The summed E-state index contributed by atoms with van der Waals surface area (Å²) in [5, 5.41) is 12.7. The molecule has 18 heavy (non-hydrogen) atoms. The van der Waals surface area contributed by atoms with Crippen molar-refractivity contribution >= 4 is 27.6 Å². The fourth-order valence-electron chi connectivity index (χ4n) is 1.42. The first-order valence-corrected chi connectivity index (χ1v) is 6.66. The molecule has 0 radical (unpaired) electrons. The van der Waals surface area contributed by atoms with Gasteiger partial charge in [0.2, 0.25) is 0 Å². The van der Waals surface area contributed by atoms with Crippen LogP contribution in [0.5, 0.6) is 0 Å². The lowest BCUT2D eigenvalue weighted by molar-refractivity contribution is -0.145. The number of hydrogen-bond donors (Lipinski definition) is 2. The normalized spacial score (nSPS) is 12.0. The van der Waals surface area contributed by atoms with Crippen LogP contribution in [0.2, 0.25) is 0 Å². The fraction of sp³-hybridized carbons (Fsp3) is 0.462. The fourth-order valence-corrected chi connectivity index (χ4v) is 1.80. The molecule has 0 fully saturated rings. The Morgan fingerprint density at radius 3 is 2.89 bits per heavy atom. The maximum atomic E-state index is 11.1. The van der Waals surface area contributed by atoms with Gasteiger partial charge in [-0.25, -0.2) is 0 Å². The number of aliphatic hydroxyl groups excluding tert-OH is 1. The van der Waals surface area contributed by atoms with E-state index in [2.05, 4.69) is 21.2 Å². The Labute approximate surface area is 115 Å². The Morgan fingerprint density at radius 1 is 1.56 bits per heavy atom.